The first kappa shape index (κ1) is 14.2. The molecule has 1 aliphatic rings. The van der Waals surface area contributed by atoms with Crippen LogP contribution >= 0.6 is 11.6 Å². The van der Waals surface area contributed by atoms with Gasteiger partial charge in [-0.05, 0) is 38.1 Å². The fourth-order valence-electron chi connectivity index (χ4n) is 2.60. The highest BCUT2D eigenvalue weighted by Gasteiger charge is 2.24. The van der Waals surface area contributed by atoms with Gasteiger partial charge in [-0.2, -0.15) is 0 Å². The van der Waals surface area contributed by atoms with Crippen LogP contribution in [0.1, 0.15) is 18.4 Å². The van der Waals surface area contributed by atoms with Crippen molar-refractivity contribution in [3.63, 3.8) is 0 Å². The largest absolute Gasteiger partial charge is 0.318 e. The van der Waals surface area contributed by atoms with Crippen LogP contribution in [0.4, 0.5) is 5.69 Å². The average Bonchev–Trinajstić information content (AvgIpc) is 2.77. The maximum Gasteiger partial charge on any atom is 0.287 e. The molecule has 1 heterocycles. The molecule has 6 heteroatoms. The number of likely N-dealkylation sites (tertiary alicyclic amines) is 1. The second-order valence-electron chi connectivity index (χ2n) is 4.87. The van der Waals surface area contributed by atoms with E-state index in [-0.39, 0.29) is 10.7 Å². The van der Waals surface area contributed by atoms with Crippen molar-refractivity contribution in [1.82, 2.24) is 10.2 Å². The van der Waals surface area contributed by atoms with Crippen molar-refractivity contribution in [2.45, 2.75) is 25.4 Å². The molecular weight excluding hydrogens is 266 g/mol. The zero-order valence-corrected chi connectivity index (χ0v) is 11.7. The number of hydrogen-bond donors (Lipinski definition) is 1. The number of rotatable bonds is 5. The summed E-state index contributed by atoms with van der Waals surface area (Å²) >= 11 is 5.93. The molecule has 104 valence electrons. The molecular formula is C13H18ClN3O2. The molecule has 1 aromatic carbocycles. The van der Waals surface area contributed by atoms with E-state index in [1.54, 1.807) is 12.1 Å². The highest BCUT2D eigenvalue weighted by molar-refractivity contribution is 6.32. The van der Waals surface area contributed by atoms with Crippen LogP contribution in [0.5, 0.6) is 0 Å². The lowest BCUT2D eigenvalue weighted by molar-refractivity contribution is -0.384. The zero-order chi connectivity index (χ0) is 13.8. The number of nitrogens with one attached hydrogen (secondary N) is 1. The first-order valence-corrected chi connectivity index (χ1v) is 6.81. The van der Waals surface area contributed by atoms with E-state index in [1.807, 2.05) is 7.05 Å². The summed E-state index contributed by atoms with van der Waals surface area (Å²) in [5.41, 5.74) is 0.997. The van der Waals surface area contributed by atoms with Gasteiger partial charge in [0, 0.05) is 25.2 Å². The van der Waals surface area contributed by atoms with Gasteiger partial charge in [-0.15, -0.1) is 0 Å². The molecule has 0 saturated carbocycles. The van der Waals surface area contributed by atoms with Gasteiger partial charge in [0.25, 0.3) is 5.69 Å². The third kappa shape index (κ3) is 3.43. The van der Waals surface area contributed by atoms with Gasteiger partial charge in [0.1, 0.15) is 5.02 Å². The van der Waals surface area contributed by atoms with Crippen molar-refractivity contribution in [3.05, 3.63) is 38.9 Å². The SMILES string of the molecule is CNCC1CCCN1Cc1ccc([N+](=O)[O-])c(Cl)c1. The second-order valence-corrected chi connectivity index (χ2v) is 5.27. The fraction of sp³-hybridized carbons (Fsp3) is 0.538. The Labute approximate surface area is 117 Å². The van der Waals surface area contributed by atoms with E-state index in [4.69, 9.17) is 11.6 Å². The van der Waals surface area contributed by atoms with E-state index < -0.39 is 4.92 Å². The minimum Gasteiger partial charge on any atom is -0.318 e. The van der Waals surface area contributed by atoms with Gasteiger partial charge in [-0.1, -0.05) is 17.7 Å². The molecule has 5 nitrogen and oxygen atoms in total. The maximum absolute atomic E-state index is 10.7. The lowest BCUT2D eigenvalue weighted by Gasteiger charge is -2.24. The number of hydrogen-bond acceptors (Lipinski definition) is 4. The summed E-state index contributed by atoms with van der Waals surface area (Å²) < 4.78 is 0. The highest BCUT2D eigenvalue weighted by atomic mass is 35.5. The number of likely N-dealkylation sites (N-methyl/N-ethyl adjacent to an activating group) is 1. The predicted molar refractivity (Wildman–Crippen MR) is 75.5 cm³/mol. The Morgan fingerprint density at radius 3 is 3.00 bits per heavy atom. The molecule has 1 N–H and O–H groups in total. The van der Waals surface area contributed by atoms with Crippen LogP contribution < -0.4 is 5.32 Å². The smallest absolute Gasteiger partial charge is 0.287 e. The van der Waals surface area contributed by atoms with Crippen molar-refractivity contribution in [1.29, 1.82) is 0 Å². The number of benzene rings is 1. The molecule has 0 amide bonds. The topological polar surface area (TPSA) is 58.4 Å². The number of halogens is 1. The normalized spacial score (nSPS) is 19.8. The van der Waals surface area contributed by atoms with E-state index in [0.717, 1.165) is 25.2 Å². The van der Waals surface area contributed by atoms with Crippen LogP contribution in [0, 0.1) is 10.1 Å². The Morgan fingerprint density at radius 1 is 1.58 bits per heavy atom. The molecule has 0 aliphatic carbocycles. The summed E-state index contributed by atoms with van der Waals surface area (Å²) in [7, 11) is 1.96. The fourth-order valence-corrected chi connectivity index (χ4v) is 2.87. The van der Waals surface area contributed by atoms with E-state index in [2.05, 4.69) is 10.2 Å². The van der Waals surface area contributed by atoms with Crippen molar-refractivity contribution in [3.8, 4) is 0 Å². The molecule has 1 saturated heterocycles. The number of nitro benzene ring substituents is 1. The van der Waals surface area contributed by atoms with Crippen LogP contribution in [0.3, 0.4) is 0 Å². The molecule has 0 spiro atoms. The lowest BCUT2D eigenvalue weighted by Crippen LogP contribution is -2.36. The Balaban J connectivity index is 2.07. The minimum absolute atomic E-state index is 0.0291. The molecule has 1 fully saturated rings. The number of nitro groups is 1. The molecule has 2 rings (SSSR count). The third-order valence-electron chi connectivity index (χ3n) is 3.53. The van der Waals surface area contributed by atoms with Crippen LogP contribution in [-0.4, -0.2) is 36.0 Å². The van der Waals surface area contributed by atoms with Crippen molar-refractivity contribution in [2.24, 2.45) is 0 Å². The van der Waals surface area contributed by atoms with E-state index in [1.165, 1.54) is 18.9 Å². The van der Waals surface area contributed by atoms with Crippen LogP contribution in [0.25, 0.3) is 0 Å². The summed E-state index contributed by atoms with van der Waals surface area (Å²) in [6, 6.07) is 5.52. The summed E-state index contributed by atoms with van der Waals surface area (Å²) in [5, 5.41) is 14.1. The summed E-state index contributed by atoms with van der Waals surface area (Å²) in [5.74, 6) is 0. The minimum atomic E-state index is -0.453. The zero-order valence-electron chi connectivity index (χ0n) is 10.9. The van der Waals surface area contributed by atoms with E-state index in [9.17, 15) is 10.1 Å². The third-order valence-corrected chi connectivity index (χ3v) is 3.84. The summed E-state index contributed by atoms with van der Waals surface area (Å²) in [6.07, 6.45) is 2.40. The molecule has 0 radical (unpaired) electrons. The van der Waals surface area contributed by atoms with Crippen molar-refractivity contribution in [2.75, 3.05) is 20.1 Å². The van der Waals surface area contributed by atoms with Crippen LogP contribution in [-0.2, 0) is 6.54 Å². The van der Waals surface area contributed by atoms with Crippen LogP contribution in [0.2, 0.25) is 5.02 Å². The Hall–Kier alpha value is -1.17. The van der Waals surface area contributed by atoms with Gasteiger partial charge in [-0.3, -0.25) is 15.0 Å². The molecule has 0 aromatic heterocycles. The molecule has 1 unspecified atom stereocenters. The standard InChI is InChI=1S/C13H18ClN3O2/c1-15-8-11-3-2-6-16(11)9-10-4-5-13(17(18)19)12(14)7-10/h4-5,7,11,15H,2-3,6,8-9H2,1H3. The summed E-state index contributed by atoms with van der Waals surface area (Å²) in [6.45, 7) is 2.84. The van der Waals surface area contributed by atoms with Gasteiger partial charge in [0.15, 0.2) is 0 Å². The Kier molecular flexibility index (Phi) is 4.74. The van der Waals surface area contributed by atoms with E-state index >= 15 is 0 Å². The average molecular weight is 284 g/mol. The second kappa shape index (κ2) is 6.32. The first-order chi connectivity index (χ1) is 9.11. The summed E-state index contributed by atoms with van der Waals surface area (Å²) in [4.78, 5) is 12.7. The Morgan fingerprint density at radius 2 is 2.37 bits per heavy atom. The highest BCUT2D eigenvalue weighted by Crippen LogP contribution is 2.27. The van der Waals surface area contributed by atoms with Crippen molar-refractivity contribution < 1.29 is 4.92 Å². The molecule has 19 heavy (non-hydrogen) atoms. The van der Waals surface area contributed by atoms with Gasteiger partial charge >= 0.3 is 0 Å². The molecule has 1 aromatic rings. The predicted octanol–water partition coefficient (Wildman–Crippen LogP) is 2.43. The van der Waals surface area contributed by atoms with Gasteiger partial charge in [0.2, 0.25) is 0 Å². The van der Waals surface area contributed by atoms with E-state index in [0.29, 0.717) is 6.04 Å². The first-order valence-electron chi connectivity index (χ1n) is 6.43. The Bertz CT molecular complexity index is 467. The maximum atomic E-state index is 10.7. The number of nitrogens with zero attached hydrogens (tertiary/aromatic N) is 2. The van der Waals surface area contributed by atoms with Gasteiger partial charge < -0.3 is 5.32 Å². The molecule has 1 aliphatic heterocycles. The van der Waals surface area contributed by atoms with Gasteiger partial charge in [-0.25, -0.2) is 0 Å². The van der Waals surface area contributed by atoms with Crippen molar-refractivity contribution >= 4 is 17.3 Å². The quantitative estimate of drug-likeness (QED) is 0.666. The van der Waals surface area contributed by atoms with Crippen LogP contribution in [0.15, 0.2) is 18.2 Å². The lowest BCUT2D eigenvalue weighted by atomic mass is 10.1. The monoisotopic (exact) mass is 283 g/mol. The molecule has 1 atom stereocenters. The van der Waals surface area contributed by atoms with Gasteiger partial charge in [0.05, 0.1) is 4.92 Å². The molecule has 0 bridgehead atoms.